The Hall–Kier alpha value is -0.480. The molecule has 2 rings (SSSR count). The molecule has 130 valence electrons. The van der Waals surface area contributed by atoms with Crippen molar-refractivity contribution in [2.24, 2.45) is 5.92 Å². The summed E-state index contributed by atoms with van der Waals surface area (Å²) in [5.74, 6) is 0.453. The van der Waals surface area contributed by atoms with Crippen LogP contribution in [0.4, 0.5) is 0 Å². The summed E-state index contributed by atoms with van der Waals surface area (Å²) in [4.78, 5) is 14.7. The van der Waals surface area contributed by atoms with Crippen molar-refractivity contribution >= 4 is 41.5 Å². The summed E-state index contributed by atoms with van der Waals surface area (Å²) in [5, 5.41) is 4.17. The lowest BCUT2D eigenvalue weighted by molar-refractivity contribution is -0.121. The second kappa shape index (κ2) is 9.73. The Balaban J connectivity index is 0.00000264. The molecule has 1 aromatic carbocycles. The van der Waals surface area contributed by atoms with E-state index in [0.29, 0.717) is 22.4 Å². The largest absolute Gasteiger partial charge is 0.352 e. The number of nitrogens with zero attached hydrogens (tertiary/aromatic N) is 1. The predicted octanol–water partition coefficient (Wildman–Crippen LogP) is 4.19. The van der Waals surface area contributed by atoms with Gasteiger partial charge in [0.15, 0.2) is 0 Å². The number of carbonyl (C=O) groups excluding carboxylic acids is 1. The van der Waals surface area contributed by atoms with Crippen LogP contribution in [-0.4, -0.2) is 36.5 Å². The Morgan fingerprint density at radius 2 is 1.87 bits per heavy atom. The molecule has 1 fully saturated rings. The van der Waals surface area contributed by atoms with Crippen LogP contribution in [0.25, 0.3) is 0 Å². The summed E-state index contributed by atoms with van der Waals surface area (Å²) in [6.07, 6.45) is 2.87. The minimum absolute atomic E-state index is 0. The number of amides is 1. The van der Waals surface area contributed by atoms with Crippen LogP contribution in [-0.2, 0) is 11.2 Å². The average Bonchev–Trinajstić information content (AvgIpc) is 2.95. The van der Waals surface area contributed by atoms with Gasteiger partial charge < -0.3 is 10.2 Å². The summed E-state index contributed by atoms with van der Waals surface area (Å²) in [7, 11) is 0. The highest BCUT2D eigenvalue weighted by atomic mass is 35.5. The van der Waals surface area contributed by atoms with Crippen LogP contribution in [0.1, 0.15) is 32.3 Å². The number of hydrogen-bond donors (Lipinski definition) is 1. The Kier molecular flexibility index (Phi) is 8.70. The van der Waals surface area contributed by atoms with E-state index in [4.69, 9.17) is 23.2 Å². The lowest BCUT2D eigenvalue weighted by Crippen LogP contribution is -2.46. The molecule has 1 heterocycles. The van der Waals surface area contributed by atoms with E-state index in [1.54, 1.807) is 12.1 Å². The Bertz CT molecular complexity index is 517. The highest BCUT2D eigenvalue weighted by Gasteiger charge is 2.21. The molecule has 1 saturated heterocycles. The first-order chi connectivity index (χ1) is 10.5. The van der Waals surface area contributed by atoms with Crippen molar-refractivity contribution in [1.82, 2.24) is 10.2 Å². The van der Waals surface area contributed by atoms with Crippen molar-refractivity contribution in [3.63, 3.8) is 0 Å². The molecule has 1 aliphatic heterocycles. The van der Waals surface area contributed by atoms with E-state index in [1.165, 1.54) is 12.8 Å². The number of halogens is 3. The first-order valence-corrected chi connectivity index (χ1v) is 8.67. The van der Waals surface area contributed by atoms with E-state index in [0.717, 1.165) is 25.2 Å². The number of rotatable bonds is 6. The fourth-order valence-corrected chi connectivity index (χ4v) is 3.08. The van der Waals surface area contributed by atoms with Crippen LogP contribution in [0, 0.1) is 5.92 Å². The Labute approximate surface area is 155 Å². The van der Waals surface area contributed by atoms with Gasteiger partial charge in [-0.05, 0) is 49.5 Å². The van der Waals surface area contributed by atoms with Crippen LogP contribution in [0.2, 0.25) is 10.0 Å². The summed E-state index contributed by atoms with van der Waals surface area (Å²) < 4.78 is 0. The summed E-state index contributed by atoms with van der Waals surface area (Å²) in [6, 6.07) is 5.53. The maximum atomic E-state index is 12.3. The van der Waals surface area contributed by atoms with Gasteiger partial charge in [-0.25, -0.2) is 0 Å². The van der Waals surface area contributed by atoms with E-state index in [1.807, 2.05) is 6.07 Å². The average molecular weight is 380 g/mol. The van der Waals surface area contributed by atoms with Gasteiger partial charge in [-0.15, -0.1) is 12.4 Å². The number of nitrogens with one attached hydrogen (secondary N) is 1. The molecule has 1 atom stereocenters. The van der Waals surface area contributed by atoms with Crippen molar-refractivity contribution in [3.8, 4) is 0 Å². The van der Waals surface area contributed by atoms with Crippen LogP contribution in [0.3, 0.4) is 0 Å². The summed E-state index contributed by atoms with van der Waals surface area (Å²) >= 11 is 11.9. The molecular formula is C17H25Cl3N2O. The van der Waals surface area contributed by atoms with Crippen LogP contribution < -0.4 is 5.32 Å². The smallest absolute Gasteiger partial charge is 0.224 e. The first kappa shape index (κ1) is 20.6. The molecule has 6 heteroatoms. The fraction of sp³-hybridized carbons (Fsp3) is 0.588. The normalized spacial score (nSPS) is 16.2. The van der Waals surface area contributed by atoms with E-state index >= 15 is 0 Å². The summed E-state index contributed by atoms with van der Waals surface area (Å²) in [5.41, 5.74) is 0.885. The molecule has 0 spiro atoms. The fourth-order valence-electron chi connectivity index (χ4n) is 2.76. The van der Waals surface area contributed by atoms with E-state index < -0.39 is 0 Å². The van der Waals surface area contributed by atoms with Crippen molar-refractivity contribution in [3.05, 3.63) is 33.8 Å². The number of carbonyl (C=O) groups is 1. The van der Waals surface area contributed by atoms with Crippen molar-refractivity contribution in [1.29, 1.82) is 0 Å². The van der Waals surface area contributed by atoms with Crippen molar-refractivity contribution in [2.45, 2.75) is 39.2 Å². The molecule has 1 aromatic rings. The van der Waals surface area contributed by atoms with Gasteiger partial charge in [0.1, 0.15) is 0 Å². The van der Waals surface area contributed by atoms with E-state index in [-0.39, 0.29) is 24.4 Å². The third-order valence-corrected chi connectivity index (χ3v) is 4.89. The van der Waals surface area contributed by atoms with Crippen LogP contribution in [0.5, 0.6) is 0 Å². The highest BCUT2D eigenvalue weighted by molar-refractivity contribution is 6.42. The molecule has 0 unspecified atom stereocenters. The van der Waals surface area contributed by atoms with Crippen molar-refractivity contribution < 1.29 is 4.79 Å². The SMILES string of the molecule is CC(C)[C@@H](CN1CCCC1)NC(=O)Cc1ccc(Cl)c(Cl)c1.Cl. The molecule has 0 aliphatic carbocycles. The molecule has 23 heavy (non-hydrogen) atoms. The third kappa shape index (κ3) is 6.50. The van der Waals surface area contributed by atoms with Crippen LogP contribution >= 0.6 is 35.6 Å². The maximum Gasteiger partial charge on any atom is 0.224 e. The predicted molar refractivity (Wildman–Crippen MR) is 99.9 cm³/mol. The second-order valence-corrected chi connectivity index (χ2v) is 7.17. The van der Waals surface area contributed by atoms with Crippen molar-refractivity contribution in [2.75, 3.05) is 19.6 Å². The molecule has 0 saturated carbocycles. The molecule has 1 amide bonds. The zero-order valence-electron chi connectivity index (χ0n) is 13.6. The zero-order chi connectivity index (χ0) is 16.1. The molecule has 0 radical (unpaired) electrons. The maximum absolute atomic E-state index is 12.3. The Morgan fingerprint density at radius 1 is 1.22 bits per heavy atom. The van der Waals surface area contributed by atoms with Gasteiger partial charge in [0.05, 0.1) is 16.5 Å². The van der Waals surface area contributed by atoms with Gasteiger partial charge in [-0.1, -0.05) is 43.1 Å². The minimum Gasteiger partial charge on any atom is -0.352 e. The van der Waals surface area contributed by atoms with Crippen LogP contribution in [0.15, 0.2) is 18.2 Å². The molecule has 0 bridgehead atoms. The van der Waals surface area contributed by atoms with Gasteiger partial charge in [0.25, 0.3) is 0 Å². The molecule has 1 N–H and O–H groups in total. The van der Waals surface area contributed by atoms with E-state index in [9.17, 15) is 4.79 Å². The number of likely N-dealkylation sites (tertiary alicyclic amines) is 1. The number of hydrogen-bond acceptors (Lipinski definition) is 2. The topological polar surface area (TPSA) is 32.3 Å². The molecule has 3 nitrogen and oxygen atoms in total. The van der Waals surface area contributed by atoms with Gasteiger partial charge in [0.2, 0.25) is 5.91 Å². The van der Waals surface area contributed by atoms with Gasteiger partial charge in [-0.2, -0.15) is 0 Å². The number of benzene rings is 1. The lowest BCUT2D eigenvalue weighted by Gasteiger charge is -2.27. The molecular weight excluding hydrogens is 355 g/mol. The molecule has 1 aliphatic rings. The van der Waals surface area contributed by atoms with E-state index in [2.05, 4.69) is 24.1 Å². The summed E-state index contributed by atoms with van der Waals surface area (Å²) in [6.45, 7) is 7.53. The van der Waals surface area contributed by atoms with Gasteiger partial charge in [0, 0.05) is 12.6 Å². The zero-order valence-corrected chi connectivity index (χ0v) is 16.0. The van der Waals surface area contributed by atoms with Gasteiger partial charge >= 0.3 is 0 Å². The second-order valence-electron chi connectivity index (χ2n) is 6.35. The minimum atomic E-state index is 0. The first-order valence-electron chi connectivity index (χ1n) is 7.91. The lowest BCUT2D eigenvalue weighted by atomic mass is 10.0. The quantitative estimate of drug-likeness (QED) is 0.803. The molecule has 0 aromatic heterocycles. The van der Waals surface area contributed by atoms with Gasteiger partial charge in [-0.3, -0.25) is 4.79 Å². The monoisotopic (exact) mass is 378 g/mol. The highest BCUT2D eigenvalue weighted by Crippen LogP contribution is 2.22. The third-order valence-electron chi connectivity index (χ3n) is 4.15. The standard InChI is InChI=1S/C17H24Cl2N2O.ClH/c1-12(2)16(11-21-7-3-4-8-21)20-17(22)10-13-5-6-14(18)15(19)9-13;/h5-6,9,12,16H,3-4,7-8,10-11H2,1-2H3,(H,20,22);1H/t16-;/m1./s1. The Morgan fingerprint density at radius 3 is 2.43 bits per heavy atom.